The zero-order chi connectivity index (χ0) is 11.4. The third-order valence-corrected chi connectivity index (χ3v) is 3.90. The van der Waals surface area contributed by atoms with E-state index in [1.54, 1.807) is 0 Å². The first-order chi connectivity index (χ1) is 7.75. The quantitative estimate of drug-likeness (QED) is 0.815. The van der Waals surface area contributed by atoms with Crippen molar-refractivity contribution in [2.75, 3.05) is 18.1 Å². The van der Waals surface area contributed by atoms with Crippen molar-refractivity contribution >= 4 is 17.5 Å². The number of Topliss-reactive ketones (excluding diaryl/α,β-unsaturated/α-hetero) is 1. The summed E-state index contributed by atoms with van der Waals surface area (Å²) in [6.07, 6.45) is 0.621. The minimum absolute atomic E-state index is 0.253. The molecule has 1 N–H and O–H groups in total. The molecule has 0 radical (unpaired) electrons. The lowest BCUT2D eigenvalue weighted by Gasteiger charge is -2.22. The van der Waals surface area contributed by atoms with E-state index in [9.17, 15) is 4.79 Å². The van der Waals surface area contributed by atoms with Gasteiger partial charge in [0.15, 0.2) is 5.78 Å². The normalized spacial score (nSPS) is 20.7. The van der Waals surface area contributed by atoms with Crippen molar-refractivity contribution in [2.24, 2.45) is 0 Å². The minimum atomic E-state index is 0.253. The number of rotatable bonds is 3. The monoisotopic (exact) mass is 235 g/mol. The van der Waals surface area contributed by atoms with E-state index in [0.29, 0.717) is 12.5 Å². The molecule has 16 heavy (non-hydrogen) atoms. The van der Waals surface area contributed by atoms with Crippen LogP contribution in [0.3, 0.4) is 0 Å². The fourth-order valence-corrected chi connectivity index (χ4v) is 2.86. The van der Waals surface area contributed by atoms with Crippen LogP contribution in [0.1, 0.15) is 22.3 Å². The zero-order valence-corrected chi connectivity index (χ0v) is 10.3. The molecule has 1 unspecified atom stereocenters. The zero-order valence-electron chi connectivity index (χ0n) is 9.53. The van der Waals surface area contributed by atoms with Crippen LogP contribution in [0.5, 0.6) is 0 Å². The van der Waals surface area contributed by atoms with Crippen LogP contribution in [0, 0.1) is 6.92 Å². The first-order valence-electron chi connectivity index (χ1n) is 5.67. The van der Waals surface area contributed by atoms with Gasteiger partial charge in [0.2, 0.25) is 0 Å². The number of benzene rings is 1. The van der Waals surface area contributed by atoms with Gasteiger partial charge in [0, 0.05) is 36.1 Å². The molecule has 1 aromatic carbocycles. The molecule has 0 bridgehead atoms. The Kier molecular flexibility index (Phi) is 4.02. The van der Waals surface area contributed by atoms with Gasteiger partial charge in [0.1, 0.15) is 0 Å². The Labute approximate surface area is 101 Å². The highest BCUT2D eigenvalue weighted by molar-refractivity contribution is 7.99. The lowest BCUT2D eigenvalue weighted by atomic mass is 10.0. The third kappa shape index (κ3) is 3.09. The van der Waals surface area contributed by atoms with Gasteiger partial charge in [-0.2, -0.15) is 11.8 Å². The first kappa shape index (κ1) is 11.7. The fraction of sp³-hybridized carbons (Fsp3) is 0.462. The maximum absolute atomic E-state index is 12.0. The standard InChI is InChI=1S/C13H17NOS/c1-10-3-2-4-11(7-10)13(15)8-12-9-16-6-5-14-12/h2-4,7,12,14H,5-6,8-9H2,1H3. The summed E-state index contributed by atoms with van der Waals surface area (Å²) in [5, 5.41) is 3.39. The van der Waals surface area contributed by atoms with Crippen LogP contribution in [0.15, 0.2) is 24.3 Å². The molecular weight excluding hydrogens is 218 g/mol. The second-order valence-electron chi connectivity index (χ2n) is 4.22. The molecule has 0 spiro atoms. The van der Waals surface area contributed by atoms with Gasteiger partial charge in [-0.3, -0.25) is 4.79 Å². The lowest BCUT2D eigenvalue weighted by Crippen LogP contribution is -2.38. The maximum Gasteiger partial charge on any atom is 0.164 e. The Morgan fingerprint density at radius 3 is 3.12 bits per heavy atom. The van der Waals surface area contributed by atoms with Gasteiger partial charge in [0.25, 0.3) is 0 Å². The van der Waals surface area contributed by atoms with Crippen LogP contribution in [-0.4, -0.2) is 29.9 Å². The molecule has 1 aliphatic heterocycles. The molecular formula is C13H17NOS. The summed E-state index contributed by atoms with van der Waals surface area (Å²) in [5.41, 5.74) is 1.99. The van der Waals surface area contributed by atoms with Gasteiger partial charge < -0.3 is 5.32 Å². The van der Waals surface area contributed by atoms with Crippen molar-refractivity contribution in [3.8, 4) is 0 Å². The van der Waals surface area contributed by atoms with Crippen molar-refractivity contribution < 1.29 is 4.79 Å². The number of ketones is 1. The van der Waals surface area contributed by atoms with Gasteiger partial charge in [-0.25, -0.2) is 0 Å². The predicted molar refractivity (Wildman–Crippen MR) is 69.2 cm³/mol. The molecule has 1 aromatic rings. The molecule has 0 aromatic heterocycles. The molecule has 2 rings (SSSR count). The van der Waals surface area contributed by atoms with Crippen molar-refractivity contribution in [3.05, 3.63) is 35.4 Å². The van der Waals surface area contributed by atoms with E-state index in [-0.39, 0.29) is 5.78 Å². The SMILES string of the molecule is Cc1cccc(C(=O)CC2CSCCN2)c1. The van der Waals surface area contributed by atoms with Crippen LogP contribution in [0.25, 0.3) is 0 Å². The van der Waals surface area contributed by atoms with E-state index in [0.717, 1.165) is 29.2 Å². The van der Waals surface area contributed by atoms with Crippen LogP contribution < -0.4 is 5.32 Å². The third-order valence-electron chi connectivity index (χ3n) is 2.77. The highest BCUT2D eigenvalue weighted by Gasteiger charge is 2.17. The van der Waals surface area contributed by atoms with E-state index in [2.05, 4.69) is 5.32 Å². The van der Waals surface area contributed by atoms with Crippen molar-refractivity contribution in [1.29, 1.82) is 0 Å². The number of hydrogen-bond acceptors (Lipinski definition) is 3. The predicted octanol–water partition coefficient (Wildman–Crippen LogP) is 2.27. The average molecular weight is 235 g/mol. The summed E-state index contributed by atoms with van der Waals surface area (Å²) in [7, 11) is 0. The summed E-state index contributed by atoms with van der Waals surface area (Å²) >= 11 is 1.93. The van der Waals surface area contributed by atoms with E-state index in [4.69, 9.17) is 0 Å². The fourth-order valence-electron chi connectivity index (χ4n) is 1.91. The summed E-state index contributed by atoms with van der Waals surface area (Å²) in [4.78, 5) is 12.0. The Morgan fingerprint density at radius 1 is 1.56 bits per heavy atom. The molecule has 1 heterocycles. The number of carbonyl (C=O) groups excluding carboxylic acids is 1. The van der Waals surface area contributed by atoms with Crippen molar-refractivity contribution in [2.45, 2.75) is 19.4 Å². The Balaban J connectivity index is 1.97. The molecule has 1 saturated heterocycles. The number of nitrogens with one attached hydrogen (secondary N) is 1. The maximum atomic E-state index is 12.0. The smallest absolute Gasteiger partial charge is 0.164 e. The van der Waals surface area contributed by atoms with Crippen LogP contribution >= 0.6 is 11.8 Å². The van der Waals surface area contributed by atoms with Gasteiger partial charge in [-0.15, -0.1) is 0 Å². The Bertz CT molecular complexity index is 372. The topological polar surface area (TPSA) is 29.1 Å². The summed E-state index contributed by atoms with van der Waals surface area (Å²) in [6, 6.07) is 8.20. The molecule has 2 nitrogen and oxygen atoms in total. The molecule has 0 saturated carbocycles. The summed E-state index contributed by atoms with van der Waals surface area (Å²) in [5.74, 6) is 2.47. The lowest BCUT2D eigenvalue weighted by molar-refractivity contribution is 0.0972. The van der Waals surface area contributed by atoms with E-state index >= 15 is 0 Å². The number of aryl methyl sites for hydroxylation is 1. The molecule has 1 aliphatic rings. The van der Waals surface area contributed by atoms with E-state index in [1.807, 2.05) is 43.0 Å². The van der Waals surface area contributed by atoms with E-state index < -0.39 is 0 Å². The second kappa shape index (κ2) is 5.51. The Morgan fingerprint density at radius 2 is 2.44 bits per heavy atom. The molecule has 1 atom stereocenters. The molecule has 0 amide bonds. The van der Waals surface area contributed by atoms with Crippen LogP contribution in [-0.2, 0) is 0 Å². The van der Waals surface area contributed by atoms with Crippen molar-refractivity contribution in [1.82, 2.24) is 5.32 Å². The largest absolute Gasteiger partial charge is 0.312 e. The van der Waals surface area contributed by atoms with E-state index in [1.165, 1.54) is 0 Å². The highest BCUT2D eigenvalue weighted by atomic mass is 32.2. The summed E-state index contributed by atoms with van der Waals surface area (Å²) in [6.45, 7) is 3.04. The van der Waals surface area contributed by atoms with Gasteiger partial charge >= 0.3 is 0 Å². The first-order valence-corrected chi connectivity index (χ1v) is 6.82. The number of hydrogen-bond donors (Lipinski definition) is 1. The molecule has 1 fully saturated rings. The van der Waals surface area contributed by atoms with Gasteiger partial charge in [-0.05, 0) is 13.0 Å². The number of carbonyl (C=O) groups is 1. The molecule has 0 aliphatic carbocycles. The highest BCUT2D eigenvalue weighted by Crippen LogP contribution is 2.14. The van der Waals surface area contributed by atoms with Crippen molar-refractivity contribution in [3.63, 3.8) is 0 Å². The van der Waals surface area contributed by atoms with Gasteiger partial charge in [-0.1, -0.05) is 23.8 Å². The van der Waals surface area contributed by atoms with Crippen LogP contribution in [0.2, 0.25) is 0 Å². The second-order valence-corrected chi connectivity index (χ2v) is 5.37. The summed E-state index contributed by atoms with van der Waals surface area (Å²) < 4.78 is 0. The van der Waals surface area contributed by atoms with Gasteiger partial charge in [0.05, 0.1) is 0 Å². The minimum Gasteiger partial charge on any atom is -0.312 e. The Hall–Kier alpha value is -0.800. The average Bonchev–Trinajstić information content (AvgIpc) is 2.30. The molecule has 86 valence electrons. The van der Waals surface area contributed by atoms with Crippen LogP contribution in [0.4, 0.5) is 0 Å². The molecule has 3 heteroatoms. The number of thioether (sulfide) groups is 1.